The Morgan fingerprint density at radius 1 is 1.12 bits per heavy atom. The molecule has 2 heterocycles. The lowest BCUT2D eigenvalue weighted by Crippen LogP contribution is -2.30. The van der Waals surface area contributed by atoms with Gasteiger partial charge in [0, 0.05) is 22.2 Å². The average Bonchev–Trinajstić information content (AvgIpc) is 3.10. The maximum Gasteiger partial charge on any atom is 0.254 e. The van der Waals surface area contributed by atoms with E-state index in [-0.39, 0.29) is 40.9 Å². The highest BCUT2D eigenvalue weighted by Gasteiger charge is 2.73. The minimum absolute atomic E-state index is 0.114. The van der Waals surface area contributed by atoms with Crippen LogP contribution in [-0.2, 0) is 9.59 Å². The van der Waals surface area contributed by atoms with Crippen LogP contribution in [0.4, 0.5) is 0 Å². The number of carbonyl (C=O) groups is 2. The molecule has 2 bridgehead atoms. The zero-order chi connectivity index (χ0) is 17.6. The molecule has 2 aromatic rings. The number of H-pyrrole nitrogens is 1. The standard InChI is InChI=1S/C21H19N3O2/c1-11-13(12-4-2-3-5-16(12)23-11)10-22-24-19(25)17-14-6-7-15(18(17)20(24)26)21(14)8-9-21/h2-7,10,14-15,17-18,23H,8-9H2,1H3/b22-10-/t14-,15+,17-,18+. The van der Waals surface area contributed by atoms with Crippen molar-refractivity contribution < 1.29 is 9.59 Å². The van der Waals surface area contributed by atoms with Crippen LogP contribution in [0.15, 0.2) is 41.5 Å². The van der Waals surface area contributed by atoms with Crippen LogP contribution in [0.1, 0.15) is 24.1 Å². The summed E-state index contributed by atoms with van der Waals surface area (Å²) in [5, 5.41) is 6.53. The van der Waals surface area contributed by atoms with Gasteiger partial charge < -0.3 is 4.98 Å². The van der Waals surface area contributed by atoms with E-state index in [9.17, 15) is 9.59 Å². The lowest BCUT2D eigenvalue weighted by Gasteiger charge is -2.18. The number of allylic oxidation sites excluding steroid dienone is 2. The van der Waals surface area contributed by atoms with Gasteiger partial charge in [-0.15, -0.1) is 0 Å². The fourth-order valence-electron chi connectivity index (χ4n) is 5.76. The molecule has 1 aromatic carbocycles. The molecule has 130 valence electrons. The number of nitrogens with zero attached hydrogens (tertiary/aromatic N) is 2. The number of nitrogens with one attached hydrogen (secondary N) is 1. The van der Waals surface area contributed by atoms with Crippen molar-refractivity contribution in [2.45, 2.75) is 19.8 Å². The van der Waals surface area contributed by atoms with E-state index in [1.54, 1.807) is 6.21 Å². The Kier molecular flexibility index (Phi) is 2.52. The van der Waals surface area contributed by atoms with Gasteiger partial charge in [0.2, 0.25) is 0 Å². The van der Waals surface area contributed by atoms with Crippen LogP contribution in [0.5, 0.6) is 0 Å². The van der Waals surface area contributed by atoms with Gasteiger partial charge in [-0.25, -0.2) is 0 Å². The zero-order valence-corrected chi connectivity index (χ0v) is 14.5. The van der Waals surface area contributed by atoms with Gasteiger partial charge in [0.1, 0.15) is 0 Å². The predicted octanol–water partition coefficient (Wildman–Crippen LogP) is 3.01. The summed E-state index contributed by atoms with van der Waals surface area (Å²) >= 11 is 0. The zero-order valence-electron chi connectivity index (χ0n) is 14.5. The molecule has 3 fully saturated rings. The molecule has 1 saturated heterocycles. The summed E-state index contributed by atoms with van der Waals surface area (Å²) in [5.74, 6) is -0.135. The maximum absolute atomic E-state index is 13.0. The van der Waals surface area contributed by atoms with Crippen molar-refractivity contribution in [1.29, 1.82) is 0 Å². The second kappa shape index (κ2) is 4.53. The van der Waals surface area contributed by atoms with E-state index in [0.717, 1.165) is 40.0 Å². The van der Waals surface area contributed by atoms with Gasteiger partial charge in [0.25, 0.3) is 11.8 Å². The number of rotatable bonds is 2. The molecule has 1 spiro atoms. The first-order valence-electron chi connectivity index (χ1n) is 9.29. The lowest BCUT2D eigenvalue weighted by molar-refractivity contribution is -0.141. The highest BCUT2D eigenvalue weighted by molar-refractivity contribution is 6.08. The van der Waals surface area contributed by atoms with Gasteiger partial charge in [-0.05, 0) is 43.1 Å². The number of benzene rings is 1. The van der Waals surface area contributed by atoms with Gasteiger partial charge in [-0.2, -0.15) is 10.1 Å². The Morgan fingerprint density at radius 2 is 1.77 bits per heavy atom. The number of hydrogen-bond acceptors (Lipinski definition) is 3. The molecule has 4 aliphatic rings. The van der Waals surface area contributed by atoms with Crippen molar-refractivity contribution in [3.05, 3.63) is 47.7 Å². The van der Waals surface area contributed by atoms with Crippen molar-refractivity contribution in [3.8, 4) is 0 Å². The number of aromatic nitrogens is 1. The first kappa shape index (κ1) is 14.5. The van der Waals surface area contributed by atoms with E-state index in [1.165, 1.54) is 0 Å². The summed E-state index contributed by atoms with van der Waals surface area (Å²) in [6.07, 6.45) is 8.33. The van der Waals surface area contributed by atoms with E-state index in [2.05, 4.69) is 22.2 Å². The Morgan fingerprint density at radius 3 is 2.42 bits per heavy atom. The summed E-state index contributed by atoms with van der Waals surface area (Å²) < 4.78 is 0. The molecule has 5 heteroatoms. The number of aromatic amines is 1. The highest BCUT2D eigenvalue weighted by atomic mass is 16.2. The summed E-state index contributed by atoms with van der Waals surface area (Å²) in [6, 6.07) is 7.98. The first-order chi connectivity index (χ1) is 12.6. The van der Waals surface area contributed by atoms with E-state index in [0.29, 0.717) is 0 Å². The van der Waals surface area contributed by atoms with Crippen molar-refractivity contribution in [3.63, 3.8) is 0 Å². The fraction of sp³-hybridized carbons (Fsp3) is 0.381. The van der Waals surface area contributed by atoms with Crippen LogP contribution in [0.25, 0.3) is 10.9 Å². The van der Waals surface area contributed by atoms with E-state index in [4.69, 9.17) is 0 Å². The lowest BCUT2D eigenvalue weighted by atomic mass is 9.85. The molecule has 0 radical (unpaired) electrons. The van der Waals surface area contributed by atoms with Crippen molar-refractivity contribution in [2.75, 3.05) is 0 Å². The quantitative estimate of drug-likeness (QED) is 0.516. The van der Waals surface area contributed by atoms with E-state index >= 15 is 0 Å². The number of para-hydroxylation sites is 1. The van der Waals surface area contributed by atoms with Crippen LogP contribution in [0.2, 0.25) is 0 Å². The summed E-state index contributed by atoms with van der Waals surface area (Å²) in [5.41, 5.74) is 3.16. The van der Waals surface area contributed by atoms with Gasteiger partial charge >= 0.3 is 0 Å². The third-order valence-corrected chi connectivity index (χ3v) is 7.08. The molecule has 4 atom stereocenters. The Balaban J connectivity index is 1.36. The summed E-state index contributed by atoms with van der Waals surface area (Å²) in [4.78, 5) is 29.2. The SMILES string of the molecule is Cc1[nH]c2ccccc2c1/C=N\N1C(=O)[C@@H]2[C@H](C1=O)[C@H]1C=C[C@@H]2C12CC2. The second-order valence-electron chi connectivity index (χ2n) is 8.16. The van der Waals surface area contributed by atoms with Crippen LogP contribution >= 0.6 is 0 Å². The molecule has 1 aliphatic heterocycles. The van der Waals surface area contributed by atoms with Gasteiger partial charge in [0.05, 0.1) is 18.1 Å². The van der Waals surface area contributed by atoms with Gasteiger partial charge in [0.15, 0.2) is 0 Å². The molecule has 1 aromatic heterocycles. The highest BCUT2D eigenvalue weighted by Crippen LogP contribution is 2.73. The second-order valence-corrected chi connectivity index (χ2v) is 8.16. The van der Waals surface area contributed by atoms with Crippen molar-refractivity contribution >= 4 is 28.9 Å². The van der Waals surface area contributed by atoms with Gasteiger partial charge in [-0.3, -0.25) is 9.59 Å². The predicted molar refractivity (Wildman–Crippen MR) is 97.2 cm³/mol. The summed E-state index contributed by atoms with van der Waals surface area (Å²) in [6.45, 7) is 1.98. The first-order valence-corrected chi connectivity index (χ1v) is 9.29. The number of amides is 2. The molecule has 2 amide bonds. The number of carbonyl (C=O) groups excluding carboxylic acids is 2. The van der Waals surface area contributed by atoms with Crippen molar-refractivity contribution in [1.82, 2.24) is 9.99 Å². The third-order valence-electron chi connectivity index (χ3n) is 7.08. The van der Waals surface area contributed by atoms with Crippen LogP contribution in [0, 0.1) is 36.0 Å². The molecular weight excluding hydrogens is 326 g/mol. The average molecular weight is 345 g/mol. The number of aryl methyl sites for hydroxylation is 1. The topological polar surface area (TPSA) is 65.5 Å². The number of hydrogen-bond donors (Lipinski definition) is 1. The normalized spacial score (nSPS) is 33.3. The molecule has 0 unspecified atom stereocenters. The Labute approximate surface area is 150 Å². The molecule has 2 saturated carbocycles. The minimum Gasteiger partial charge on any atom is -0.358 e. The number of hydrazone groups is 1. The Bertz CT molecular complexity index is 1010. The number of imide groups is 1. The molecule has 6 rings (SSSR count). The van der Waals surface area contributed by atoms with E-state index < -0.39 is 0 Å². The molecule has 3 aliphatic carbocycles. The number of fused-ring (bicyclic) bond motifs is 4. The molecule has 26 heavy (non-hydrogen) atoms. The Hall–Kier alpha value is -2.69. The monoisotopic (exact) mass is 345 g/mol. The minimum atomic E-state index is -0.193. The molecular formula is C21H19N3O2. The molecule has 1 N–H and O–H groups in total. The smallest absolute Gasteiger partial charge is 0.254 e. The van der Waals surface area contributed by atoms with Crippen LogP contribution in [0.3, 0.4) is 0 Å². The van der Waals surface area contributed by atoms with Crippen LogP contribution < -0.4 is 0 Å². The van der Waals surface area contributed by atoms with Crippen LogP contribution in [-0.4, -0.2) is 28.0 Å². The largest absolute Gasteiger partial charge is 0.358 e. The maximum atomic E-state index is 13.0. The molecule has 5 nitrogen and oxygen atoms in total. The third kappa shape index (κ3) is 1.55. The van der Waals surface area contributed by atoms with E-state index in [1.807, 2.05) is 31.2 Å². The van der Waals surface area contributed by atoms with Crippen molar-refractivity contribution in [2.24, 2.45) is 34.2 Å². The van der Waals surface area contributed by atoms with Gasteiger partial charge in [-0.1, -0.05) is 30.4 Å². The fourth-order valence-corrected chi connectivity index (χ4v) is 5.76. The summed E-state index contributed by atoms with van der Waals surface area (Å²) in [7, 11) is 0.